The number of allylic oxidation sites excluding steroid dienone is 14. The molecule has 0 rings (SSSR count). The molecule has 0 radical (unpaired) electrons. The van der Waals surface area contributed by atoms with E-state index in [4.69, 9.17) is 14.2 Å². The summed E-state index contributed by atoms with van der Waals surface area (Å²) in [5.74, 6) is -0.918. The summed E-state index contributed by atoms with van der Waals surface area (Å²) in [4.78, 5) is 38.2. The van der Waals surface area contributed by atoms with Gasteiger partial charge in [0.25, 0.3) is 0 Å². The van der Waals surface area contributed by atoms with Crippen LogP contribution in [0.2, 0.25) is 0 Å². The molecule has 0 aromatic rings. The topological polar surface area (TPSA) is 78.9 Å². The Morgan fingerprint density at radius 2 is 0.514 bits per heavy atom. The summed E-state index contributed by atoms with van der Waals surface area (Å²) < 4.78 is 16.9. The first-order chi connectivity index (χ1) is 34.5. The maximum absolute atomic E-state index is 12.9. The van der Waals surface area contributed by atoms with Crippen molar-refractivity contribution in [2.24, 2.45) is 0 Å². The predicted molar refractivity (Wildman–Crippen MR) is 302 cm³/mol. The van der Waals surface area contributed by atoms with Crippen molar-refractivity contribution in [3.8, 4) is 0 Å². The molecule has 1 atom stereocenters. The minimum Gasteiger partial charge on any atom is -0.462 e. The summed E-state index contributed by atoms with van der Waals surface area (Å²) in [6.07, 6.45) is 75.6. The van der Waals surface area contributed by atoms with Crippen molar-refractivity contribution >= 4 is 17.9 Å². The molecule has 0 aliphatic carbocycles. The molecule has 402 valence electrons. The van der Waals surface area contributed by atoms with Crippen LogP contribution in [0.15, 0.2) is 85.1 Å². The van der Waals surface area contributed by atoms with Crippen molar-refractivity contribution in [1.82, 2.24) is 0 Å². The smallest absolute Gasteiger partial charge is 0.306 e. The molecule has 0 fully saturated rings. The van der Waals surface area contributed by atoms with E-state index in [1.54, 1.807) is 0 Å². The monoisotopic (exact) mass is 975 g/mol. The molecule has 0 bridgehead atoms. The third kappa shape index (κ3) is 55.5. The predicted octanol–water partition coefficient (Wildman–Crippen LogP) is 19.9. The molecule has 0 N–H and O–H groups in total. The van der Waals surface area contributed by atoms with Crippen molar-refractivity contribution in [3.63, 3.8) is 0 Å². The Labute approximate surface area is 433 Å². The maximum Gasteiger partial charge on any atom is 0.306 e. The van der Waals surface area contributed by atoms with E-state index < -0.39 is 6.10 Å². The zero-order chi connectivity index (χ0) is 50.7. The summed E-state index contributed by atoms with van der Waals surface area (Å²) in [5.41, 5.74) is 0. The second-order valence-corrected chi connectivity index (χ2v) is 19.7. The highest BCUT2D eigenvalue weighted by atomic mass is 16.6. The van der Waals surface area contributed by atoms with Crippen molar-refractivity contribution in [2.45, 2.75) is 290 Å². The van der Waals surface area contributed by atoms with Gasteiger partial charge in [0.05, 0.1) is 0 Å². The Morgan fingerprint density at radius 3 is 0.829 bits per heavy atom. The van der Waals surface area contributed by atoms with Crippen LogP contribution in [0.4, 0.5) is 0 Å². The molecule has 0 spiro atoms. The fourth-order valence-corrected chi connectivity index (χ4v) is 8.19. The number of hydrogen-bond donors (Lipinski definition) is 0. The minimum absolute atomic E-state index is 0.0904. The average molecular weight is 976 g/mol. The van der Waals surface area contributed by atoms with Gasteiger partial charge in [-0.1, -0.05) is 254 Å². The number of rotatable bonds is 53. The van der Waals surface area contributed by atoms with Crippen LogP contribution in [0.5, 0.6) is 0 Å². The van der Waals surface area contributed by atoms with Gasteiger partial charge in [-0.2, -0.15) is 0 Å². The highest BCUT2D eigenvalue weighted by Gasteiger charge is 2.19. The van der Waals surface area contributed by atoms with Crippen LogP contribution in [-0.4, -0.2) is 37.2 Å². The lowest BCUT2D eigenvalue weighted by Crippen LogP contribution is -2.30. The van der Waals surface area contributed by atoms with Gasteiger partial charge in [-0.15, -0.1) is 0 Å². The first kappa shape index (κ1) is 66.6. The van der Waals surface area contributed by atoms with E-state index in [1.807, 2.05) is 0 Å². The lowest BCUT2D eigenvalue weighted by molar-refractivity contribution is -0.167. The molecule has 6 heteroatoms. The molecular weight excluding hydrogens is 865 g/mol. The molecule has 0 aliphatic rings. The molecule has 0 saturated heterocycles. The highest BCUT2D eigenvalue weighted by molar-refractivity contribution is 5.71. The van der Waals surface area contributed by atoms with Crippen LogP contribution >= 0.6 is 0 Å². The lowest BCUT2D eigenvalue weighted by Gasteiger charge is -2.18. The Balaban J connectivity index is 4.44. The van der Waals surface area contributed by atoms with Gasteiger partial charge in [-0.05, 0) is 96.3 Å². The third-order valence-corrected chi connectivity index (χ3v) is 12.7. The van der Waals surface area contributed by atoms with Gasteiger partial charge in [-0.3, -0.25) is 14.4 Å². The third-order valence-electron chi connectivity index (χ3n) is 12.7. The molecule has 0 saturated carbocycles. The summed E-state index contributed by atoms with van der Waals surface area (Å²) in [7, 11) is 0. The fourth-order valence-electron chi connectivity index (χ4n) is 8.19. The van der Waals surface area contributed by atoms with Gasteiger partial charge in [0.2, 0.25) is 0 Å². The Kier molecular flexibility index (Phi) is 55.3. The number of esters is 3. The van der Waals surface area contributed by atoms with Gasteiger partial charge in [0, 0.05) is 19.3 Å². The standard InChI is InChI=1S/C64H110O6/c1-4-7-10-13-16-19-22-25-28-30-32-34-36-39-42-45-48-51-54-57-63(66)69-60-61(59-68-62(65)56-53-50-47-44-41-38-35-27-24-21-18-15-12-9-6-3)70-64(67)58-55-52-49-46-43-40-37-33-31-29-26-23-20-17-14-11-8-5-2/h16,18-19,21-27,29,31,33,37,61H,4-15,17,20,28,30,32,34-36,38-60H2,1-3H3/b19-16-,21-18-,25-22-,26-23-,27-24-,31-29-,37-33-. The summed E-state index contributed by atoms with van der Waals surface area (Å²) in [6, 6.07) is 0. The molecule has 1 unspecified atom stereocenters. The number of hydrogen-bond acceptors (Lipinski definition) is 6. The summed E-state index contributed by atoms with van der Waals surface area (Å²) >= 11 is 0. The molecule has 0 aliphatic heterocycles. The quantitative estimate of drug-likeness (QED) is 0.0261. The molecule has 0 heterocycles. The Morgan fingerprint density at radius 1 is 0.286 bits per heavy atom. The zero-order valence-electron chi connectivity index (χ0n) is 46.0. The van der Waals surface area contributed by atoms with E-state index in [0.717, 1.165) is 89.9 Å². The van der Waals surface area contributed by atoms with Crippen molar-refractivity contribution in [1.29, 1.82) is 0 Å². The van der Waals surface area contributed by atoms with Crippen molar-refractivity contribution in [3.05, 3.63) is 85.1 Å². The normalized spacial score (nSPS) is 12.7. The van der Waals surface area contributed by atoms with E-state index >= 15 is 0 Å². The van der Waals surface area contributed by atoms with Crippen molar-refractivity contribution in [2.75, 3.05) is 13.2 Å². The molecular formula is C64H110O6. The first-order valence-electron chi connectivity index (χ1n) is 29.7. The van der Waals surface area contributed by atoms with Crippen LogP contribution in [0.1, 0.15) is 284 Å². The molecule has 70 heavy (non-hydrogen) atoms. The fraction of sp³-hybridized carbons (Fsp3) is 0.734. The largest absolute Gasteiger partial charge is 0.462 e. The Hall–Kier alpha value is -3.41. The maximum atomic E-state index is 12.9. The van der Waals surface area contributed by atoms with Crippen LogP contribution in [0.25, 0.3) is 0 Å². The van der Waals surface area contributed by atoms with Gasteiger partial charge in [0.15, 0.2) is 6.10 Å². The highest BCUT2D eigenvalue weighted by Crippen LogP contribution is 2.15. The van der Waals surface area contributed by atoms with Gasteiger partial charge < -0.3 is 14.2 Å². The van der Waals surface area contributed by atoms with Crippen LogP contribution in [0, 0.1) is 0 Å². The van der Waals surface area contributed by atoms with E-state index in [0.29, 0.717) is 19.3 Å². The molecule has 0 amide bonds. The number of carbonyl (C=O) groups is 3. The molecule has 0 aromatic carbocycles. The molecule has 6 nitrogen and oxygen atoms in total. The first-order valence-corrected chi connectivity index (χ1v) is 29.7. The van der Waals surface area contributed by atoms with Gasteiger partial charge in [0.1, 0.15) is 13.2 Å². The van der Waals surface area contributed by atoms with Gasteiger partial charge >= 0.3 is 17.9 Å². The Bertz CT molecular complexity index is 1350. The summed E-state index contributed by atoms with van der Waals surface area (Å²) in [6.45, 7) is 6.55. The second kappa shape index (κ2) is 58.2. The SMILES string of the molecule is CCCCC/C=C\C=C/CCCCCCCCCCCCC(=O)OCC(COC(=O)CCCCCCCC/C=C\C=C/CCCCC)OC(=O)CCCCCCC\C=C/C=C\C=C/CCCCCCC. The van der Waals surface area contributed by atoms with Gasteiger partial charge in [-0.25, -0.2) is 0 Å². The van der Waals surface area contributed by atoms with Crippen molar-refractivity contribution < 1.29 is 28.6 Å². The van der Waals surface area contributed by atoms with Crippen LogP contribution in [-0.2, 0) is 28.6 Å². The minimum atomic E-state index is -0.795. The molecule has 0 aromatic heterocycles. The van der Waals surface area contributed by atoms with Crippen LogP contribution < -0.4 is 0 Å². The number of carbonyl (C=O) groups excluding carboxylic acids is 3. The number of ether oxygens (including phenoxy) is 3. The van der Waals surface area contributed by atoms with E-state index in [-0.39, 0.29) is 31.1 Å². The van der Waals surface area contributed by atoms with E-state index in [2.05, 4.69) is 106 Å². The zero-order valence-corrected chi connectivity index (χ0v) is 46.0. The van der Waals surface area contributed by atoms with E-state index in [1.165, 1.54) is 154 Å². The average Bonchev–Trinajstić information content (AvgIpc) is 3.36. The number of unbranched alkanes of at least 4 members (excludes halogenated alkanes) is 32. The second-order valence-electron chi connectivity index (χ2n) is 19.7. The van der Waals surface area contributed by atoms with E-state index in [9.17, 15) is 14.4 Å². The summed E-state index contributed by atoms with van der Waals surface area (Å²) in [5, 5.41) is 0. The van der Waals surface area contributed by atoms with Crippen LogP contribution in [0.3, 0.4) is 0 Å². The lowest BCUT2D eigenvalue weighted by atomic mass is 10.1.